The summed E-state index contributed by atoms with van der Waals surface area (Å²) in [5.74, 6) is 0.167. The van der Waals surface area contributed by atoms with Gasteiger partial charge in [-0.05, 0) is 13.8 Å². The number of hydrogen-bond acceptors (Lipinski definition) is 1. The standard InChI is InChI=1S/C3H6O.C2H4.V/c1-3(2)4;1-2;/h1-2H3;1-2H2;. The van der Waals surface area contributed by atoms with E-state index in [0.717, 1.165) is 0 Å². The van der Waals surface area contributed by atoms with Crippen molar-refractivity contribution in [3.63, 3.8) is 0 Å². The average molecular weight is 137 g/mol. The summed E-state index contributed by atoms with van der Waals surface area (Å²) in [5, 5.41) is 0. The molecule has 7 heavy (non-hydrogen) atoms. The van der Waals surface area contributed by atoms with Crippen molar-refractivity contribution in [2.24, 2.45) is 0 Å². The Labute approximate surface area is 56.7 Å². The third-order valence-electron chi connectivity index (χ3n) is 0. The van der Waals surface area contributed by atoms with Crippen LogP contribution < -0.4 is 0 Å². The first-order chi connectivity index (χ1) is 2.73. The molecule has 1 nitrogen and oxygen atoms in total. The third kappa shape index (κ3) is 3070000. The molecule has 0 bridgehead atoms. The van der Waals surface area contributed by atoms with Crippen LogP contribution in [0, 0.1) is 0 Å². The Balaban J connectivity index is -0.0000000480. The fourth-order valence-electron chi connectivity index (χ4n) is 0. The van der Waals surface area contributed by atoms with Gasteiger partial charge in [-0.3, -0.25) is 0 Å². The second kappa shape index (κ2) is 16.7. The van der Waals surface area contributed by atoms with Crippen LogP contribution in [0.15, 0.2) is 13.2 Å². The van der Waals surface area contributed by atoms with Gasteiger partial charge in [-0.1, -0.05) is 0 Å². The molecule has 0 aromatic rings. The van der Waals surface area contributed by atoms with Gasteiger partial charge in [0.1, 0.15) is 5.78 Å². The van der Waals surface area contributed by atoms with Crippen molar-refractivity contribution >= 4 is 5.78 Å². The first-order valence-corrected chi connectivity index (χ1v) is 1.70. The molecule has 1 radical (unpaired) electrons. The smallest absolute Gasteiger partial charge is 0.126 e. The minimum atomic E-state index is 0. The molecular formula is C5H10OV. The molecule has 41 valence electrons. The van der Waals surface area contributed by atoms with Crippen molar-refractivity contribution in [1.82, 2.24) is 0 Å². The molecule has 0 aliphatic heterocycles. The number of rotatable bonds is 0. The minimum absolute atomic E-state index is 0. The first kappa shape index (κ1) is 15.8. The second-order valence-electron chi connectivity index (χ2n) is 0.908. The predicted molar refractivity (Wildman–Crippen MR) is 27.6 cm³/mol. The van der Waals surface area contributed by atoms with Gasteiger partial charge in [-0.25, -0.2) is 0 Å². The van der Waals surface area contributed by atoms with Gasteiger partial charge < -0.3 is 4.79 Å². The third-order valence-corrected chi connectivity index (χ3v) is 0. The molecule has 0 atom stereocenters. The summed E-state index contributed by atoms with van der Waals surface area (Å²) in [6, 6.07) is 0. The van der Waals surface area contributed by atoms with E-state index < -0.39 is 0 Å². The summed E-state index contributed by atoms with van der Waals surface area (Å²) in [5.41, 5.74) is 0. The molecule has 0 amide bonds. The maximum atomic E-state index is 9.44. The number of hydrogen-bond donors (Lipinski definition) is 0. The Morgan fingerprint density at radius 3 is 1.29 bits per heavy atom. The van der Waals surface area contributed by atoms with Gasteiger partial charge in [0.15, 0.2) is 0 Å². The van der Waals surface area contributed by atoms with Crippen molar-refractivity contribution in [1.29, 1.82) is 0 Å². The van der Waals surface area contributed by atoms with Crippen molar-refractivity contribution in [3.05, 3.63) is 13.2 Å². The quantitative estimate of drug-likeness (QED) is 0.461. The van der Waals surface area contributed by atoms with Crippen molar-refractivity contribution < 1.29 is 23.4 Å². The predicted octanol–water partition coefficient (Wildman–Crippen LogP) is 1.40. The van der Waals surface area contributed by atoms with Crippen LogP contribution in [0.4, 0.5) is 0 Å². The van der Waals surface area contributed by atoms with Gasteiger partial charge >= 0.3 is 0 Å². The molecule has 0 unspecified atom stereocenters. The van der Waals surface area contributed by atoms with Crippen LogP contribution in [0.1, 0.15) is 13.8 Å². The van der Waals surface area contributed by atoms with Crippen LogP contribution in [-0.2, 0) is 23.4 Å². The van der Waals surface area contributed by atoms with E-state index in [0.29, 0.717) is 0 Å². The van der Waals surface area contributed by atoms with E-state index in [9.17, 15) is 4.79 Å². The number of ketones is 1. The van der Waals surface area contributed by atoms with E-state index in [2.05, 4.69) is 13.2 Å². The zero-order valence-electron chi connectivity index (χ0n) is 4.77. The Morgan fingerprint density at radius 2 is 1.29 bits per heavy atom. The van der Waals surface area contributed by atoms with Crippen LogP contribution in [0.3, 0.4) is 0 Å². The van der Waals surface area contributed by atoms with Gasteiger partial charge in [0.2, 0.25) is 0 Å². The zero-order valence-corrected chi connectivity index (χ0v) is 6.17. The largest absolute Gasteiger partial charge is 0.300 e. The number of carbonyl (C=O) groups excluding carboxylic acids is 1. The van der Waals surface area contributed by atoms with E-state index in [-0.39, 0.29) is 24.3 Å². The van der Waals surface area contributed by atoms with E-state index in [1.165, 1.54) is 13.8 Å². The molecule has 0 aromatic carbocycles. The average Bonchev–Trinajstić information content (AvgIpc) is 1.41. The first-order valence-electron chi connectivity index (χ1n) is 1.70. The molecule has 0 aliphatic carbocycles. The van der Waals surface area contributed by atoms with Crippen molar-refractivity contribution in [2.45, 2.75) is 13.8 Å². The van der Waals surface area contributed by atoms with E-state index in [1.54, 1.807) is 0 Å². The van der Waals surface area contributed by atoms with E-state index in [4.69, 9.17) is 0 Å². The summed E-state index contributed by atoms with van der Waals surface area (Å²) in [4.78, 5) is 9.44. The molecular weight excluding hydrogens is 127 g/mol. The maximum absolute atomic E-state index is 9.44. The number of carbonyl (C=O) groups is 1. The van der Waals surface area contributed by atoms with E-state index in [1.807, 2.05) is 0 Å². The maximum Gasteiger partial charge on any atom is 0.126 e. The normalized spacial score (nSPS) is 4.29. The Hall–Kier alpha value is -0.00558. The number of Topliss-reactive ketones (excluding diaryl/α,β-unsaturated/α-hetero) is 1. The van der Waals surface area contributed by atoms with Gasteiger partial charge in [-0.2, -0.15) is 0 Å². The summed E-state index contributed by atoms with van der Waals surface area (Å²) >= 11 is 0. The molecule has 0 spiro atoms. The molecule has 0 aromatic heterocycles. The van der Waals surface area contributed by atoms with Gasteiger partial charge in [0.25, 0.3) is 0 Å². The monoisotopic (exact) mass is 137 g/mol. The Bertz CT molecular complexity index is 39.3. The second-order valence-corrected chi connectivity index (χ2v) is 0.908. The van der Waals surface area contributed by atoms with Crippen molar-refractivity contribution in [2.75, 3.05) is 0 Å². The Morgan fingerprint density at radius 1 is 1.29 bits per heavy atom. The van der Waals surface area contributed by atoms with Gasteiger partial charge in [0.05, 0.1) is 0 Å². The fourth-order valence-corrected chi connectivity index (χ4v) is 0. The molecule has 0 saturated heterocycles. The molecule has 0 fully saturated rings. The van der Waals surface area contributed by atoms with Crippen LogP contribution in [0.25, 0.3) is 0 Å². The summed E-state index contributed by atoms with van der Waals surface area (Å²) in [6.07, 6.45) is 0. The molecule has 0 rings (SSSR count). The van der Waals surface area contributed by atoms with Crippen LogP contribution in [0.2, 0.25) is 0 Å². The molecule has 0 aliphatic rings. The topological polar surface area (TPSA) is 17.1 Å². The fraction of sp³-hybridized carbons (Fsp3) is 0.400. The minimum Gasteiger partial charge on any atom is -0.300 e. The summed E-state index contributed by atoms with van der Waals surface area (Å²) < 4.78 is 0. The SMILES string of the molecule is C=C.CC(C)=O.[V]. The Kier molecular flexibility index (Phi) is 37.5. The van der Waals surface area contributed by atoms with E-state index >= 15 is 0 Å². The van der Waals surface area contributed by atoms with Crippen LogP contribution in [-0.4, -0.2) is 5.78 Å². The molecule has 0 saturated carbocycles. The zero-order chi connectivity index (χ0) is 5.58. The molecule has 2 heteroatoms. The molecule has 0 heterocycles. The summed E-state index contributed by atoms with van der Waals surface area (Å²) in [6.45, 7) is 9.06. The van der Waals surface area contributed by atoms with Gasteiger partial charge in [0, 0.05) is 18.6 Å². The van der Waals surface area contributed by atoms with Crippen molar-refractivity contribution in [3.8, 4) is 0 Å². The van der Waals surface area contributed by atoms with Crippen LogP contribution >= 0.6 is 0 Å². The van der Waals surface area contributed by atoms with Crippen LogP contribution in [0.5, 0.6) is 0 Å². The summed E-state index contributed by atoms with van der Waals surface area (Å²) in [7, 11) is 0. The van der Waals surface area contributed by atoms with Gasteiger partial charge in [-0.15, -0.1) is 13.2 Å². The molecule has 0 N–H and O–H groups in total.